The minimum atomic E-state index is -4.74. The highest BCUT2D eigenvalue weighted by Gasteiger charge is 2.13. The van der Waals surface area contributed by atoms with Crippen molar-refractivity contribution < 1.29 is 23.4 Å². The first-order valence-electron chi connectivity index (χ1n) is 13.6. The Morgan fingerprint density at radius 1 is 0.758 bits per heavy atom. The van der Waals surface area contributed by atoms with Crippen LogP contribution in [0, 0.1) is 0 Å². The minimum absolute atomic E-state index is 0.334. The van der Waals surface area contributed by atoms with Crippen molar-refractivity contribution in [3.05, 3.63) is 24.1 Å². The Kier molecular flexibility index (Phi) is 20.4. The summed E-state index contributed by atoms with van der Waals surface area (Å²) in [6.07, 6.45) is 30.1. The highest BCUT2D eigenvalue weighted by molar-refractivity contribution is 7.44. The smallest absolute Gasteiger partial charge is 0.317 e. The van der Waals surface area contributed by atoms with E-state index < -0.39 is 7.82 Å². The van der Waals surface area contributed by atoms with Gasteiger partial charge in [-0.3, -0.25) is 4.57 Å². The van der Waals surface area contributed by atoms with Crippen molar-refractivity contribution in [3.8, 4) is 0 Å². The van der Waals surface area contributed by atoms with Gasteiger partial charge in [-0.05, 0) is 32.1 Å². The fourth-order valence-electron chi connectivity index (χ4n) is 3.97. The van der Waals surface area contributed by atoms with Gasteiger partial charge in [0.1, 0.15) is 6.20 Å². The predicted molar refractivity (Wildman–Crippen MR) is 140 cm³/mol. The van der Waals surface area contributed by atoms with Gasteiger partial charge in [0, 0.05) is 6.42 Å². The van der Waals surface area contributed by atoms with Crippen LogP contribution in [0.1, 0.15) is 129 Å². The molecule has 0 heterocycles. The number of hydrogen-bond donors (Lipinski definition) is 1. The summed E-state index contributed by atoms with van der Waals surface area (Å²) in [5.41, 5.74) is 0. The third kappa shape index (κ3) is 27.5. The van der Waals surface area contributed by atoms with Crippen LogP contribution in [0.5, 0.6) is 0 Å². The Hall–Kier alpha value is -0.610. The second-order valence-electron chi connectivity index (χ2n) is 10.4. The molecule has 196 valence electrons. The number of unbranched alkanes of at least 4 members (excludes halogenated alkanes) is 16. The van der Waals surface area contributed by atoms with Gasteiger partial charge in [-0.15, -0.1) is 0 Å². The van der Waals surface area contributed by atoms with Gasteiger partial charge in [-0.25, -0.2) is 0 Å². The van der Waals surface area contributed by atoms with Crippen LogP contribution in [-0.4, -0.2) is 30.5 Å². The van der Waals surface area contributed by atoms with E-state index in [-0.39, 0.29) is 0 Å². The molecule has 6 heteroatoms. The first-order valence-corrected chi connectivity index (χ1v) is 15.0. The lowest BCUT2D eigenvalue weighted by Crippen LogP contribution is -2.28. The lowest BCUT2D eigenvalue weighted by molar-refractivity contribution is -0.818. The van der Waals surface area contributed by atoms with Crippen LogP contribution in [0.15, 0.2) is 24.1 Å². The maximum Gasteiger partial charge on any atom is 0.317 e. The van der Waals surface area contributed by atoms with Crippen LogP contribution >= 0.6 is 7.82 Å². The van der Waals surface area contributed by atoms with Crippen molar-refractivity contribution in [2.24, 2.45) is 0 Å². The number of phosphoric acid groups is 1. The van der Waals surface area contributed by atoms with E-state index in [1.54, 1.807) is 6.20 Å². The molecule has 1 N–H and O–H groups in total. The second kappa shape index (κ2) is 20.7. The average Bonchev–Trinajstić information content (AvgIpc) is 2.70. The highest BCUT2D eigenvalue weighted by atomic mass is 31.2. The average molecular weight is 488 g/mol. The molecule has 0 rings (SSSR count). The standard InChI is InChI=1S/C27H54NO4P/c1-5-6-7-8-9-10-11-12-13-14-15-16-17-18-19-20-21-22-23-24-25-27(26-28(2,3)4)32-33(29,30)31/h12-13,26H,5-11,14-25H2,1-4H3,(H-,29,30,31)/b13-12-,27-26?. The van der Waals surface area contributed by atoms with E-state index in [0.29, 0.717) is 16.7 Å². The molecule has 1 atom stereocenters. The summed E-state index contributed by atoms with van der Waals surface area (Å²) in [7, 11) is 1.03. The van der Waals surface area contributed by atoms with E-state index in [1.807, 2.05) is 21.1 Å². The number of hydrogen-bond acceptors (Lipinski definition) is 3. The van der Waals surface area contributed by atoms with Gasteiger partial charge in [-0.2, -0.15) is 0 Å². The molecule has 0 radical (unpaired) electrons. The topological polar surface area (TPSA) is 69.6 Å². The molecule has 0 saturated carbocycles. The van der Waals surface area contributed by atoms with Crippen molar-refractivity contribution in [2.45, 2.75) is 129 Å². The number of allylic oxidation sites excluding steroid dienone is 3. The number of quaternary nitrogens is 1. The zero-order valence-electron chi connectivity index (χ0n) is 22.2. The first kappa shape index (κ1) is 32.4. The Morgan fingerprint density at radius 2 is 1.15 bits per heavy atom. The molecular weight excluding hydrogens is 433 g/mol. The SMILES string of the molecule is CCCCCCCC/C=C\CCCCCCCCCCCCC(=C[N+](C)(C)C)OP(=O)([O-])O. The molecule has 1 unspecified atom stereocenters. The van der Waals surface area contributed by atoms with Gasteiger partial charge in [0.15, 0.2) is 5.76 Å². The highest BCUT2D eigenvalue weighted by Crippen LogP contribution is 2.36. The van der Waals surface area contributed by atoms with Gasteiger partial charge >= 0.3 is 7.82 Å². The summed E-state index contributed by atoms with van der Waals surface area (Å²) in [6, 6.07) is 0. The fraction of sp³-hybridized carbons (Fsp3) is 0.852. The monoisotopic (exact) mass is 487 g/mol. The van der Waals surface area contributed by atoms with E-state index in [0.717, 1.165) is 19.3 Å². The third-order valence-electron chi connectivity index (χ3n) is 5.70. The predicted octanol–water partition coefficient (Wildman–Crippen LogP) is 8.00. The zero-order chi connectivity index (χ0) is 24.8. The van der Waals surface area contributed by atoms with Crippen LogP contribution in [0.2, 0.25) is 0 Å². The van der Waals surface area contributed by atoms with Gasteiger partial charge < -0.3 is 18.8 Å². The molecule has 0 aliphatic carbocycles. The molecule has 0 aliphatic rings. The van der Waals surface area contributed by atoms with Crippen LogP contribution in [0.4, 0.5) is 0 Å². The van der Waals surface area contributed by atoms with Crippen molar-refractivity contribution in [1.82, 2.24) is 0 Å². The van der Waals surface area contributed by atoms with E-state index in [1.165, 1.54) is 96.3 Å². The maximum atomic E-state index is 11.0. The molecule has 0 aromatic heterocycles. The van der Waals surface area contributed by atoms with E-state index in [2.05, 4.69) is 19.1 Å². The summed E-state index contributed by atoms with van der Waals surface area (Å²) in [5, 5.41) is 0. The van der Waals surface area contributed by atoms with Gasteiger partial charge in [0.05, 0.1) is 21.1 Å². The summed E-state index contributed by atoms with van der Waals surface area (Å²) >= 11 is 0. The summed E-state index contributed by atoms with van der Waals surface area (Å²) in [4.78, 5) is 20.0. The van der Waals surface area contributed by atoms with Crippen LogP contribution in [0.3, 0.4) is 0 Å². The molecule has 5 nitrogen and oxygen atoms in total. The lowest BCUT2D eigenvalue weighted by Gasteiger charge is -2.23. The Labute approximate surface area is 205 Å². The molecule has 0 spiro atoms. The van der Waals surface area contributed by atoms with Crippen molar-refractivity contribution in [3.63, 3.8) is 0 Å². The normalized spacial score (nSPS) is 14.7. The van der Waals surface area contributed by atoms with Crippen LogP contribution in [-0.2, 0) is 9.09 Å². The molecular formula is C27H54NO4P. The Bertz CT molecular complexity index is 549. The van der Waals surface area contributed by atoms with Gasteiger partial charge in [0.25, 0.3) is 0 Å². The van der Waals surface area contributed by atoms with Crippen LogP contribution in [0.25, 0.3) is 0 Å². The quantitative estimate of drug-likeness (QED) is 0.0521. The molecule has 0 amide bonds. The van der Waals surface area contributed by atoms with Gasteiger partial charge in [-0.1, -0.05) is 103 Å². The molecule has 0 aromatic rings. The molecule has 0 fully saturated rings. The maximum absolute atomic E-state index is 11.0. The number of nitrogens with zero attached hydrogens (tertiary/aromatic N) is 1. The summed E-state index contributed by atoms with van der Waals surface area (Å²) < 4.78 is 16.2. The molecule has 0 bridgehead atoms. The van der Waals surface area contributed by atoms with Gasteiger partial charge in [0.2, 0.25) is 0 Å². The van der Waals surface area contributed by atoms with E-state index in [4.69, 9.17) is 9.42 Å². The van der Waals surface area contributed by atoms with Crippen molar-refractivity contribution in [2.75, 3.05) is 21.1 Å². The number of rotatable bonds is 23. The summed E-state index contributed by atoms with van der Waals surface area (Å²) in [5.74, 6) is 0.334. The Morgan fingerprint density at radius 3 is 1.55 bits per heavy atom. The summed E-state index contributed by atoms with van der Waals surface area (Å²) in [6.45, 7) is 2.27. The second-order valence-corrected chi connectivity index (χ2v) is 11.5. The fourth-order valence-corrected chi connectivity index (χ4v) is 4.40. The zero-order valence-corrected chi connectivity index (χ0v) is 23.1. The lowest BCUT2D eigenvalue weighted by atomic mass is 10.0. The van der Waals surface area contributed by atoms with Crippen LogP contribution < -0.4 is 4.89 Å². The molecule has 0 saturated heterocycles. The molecule has 0 aliphatic heterocycles. The molecule has 33 heavy (non-hydrogen) atoms. The third-order valence-corrected chi connectivity index (χ3v) is 6.16. The van der Waals surface area contributed by atoms with E-state index in [9.17, 15) is 9.46 Å². The Balaban J connectivity index is 3.52. The van der Waals surface area contributed by atoms with E-state index >= 15 is 0 Å². The van der Waals surface area contributed by atoms with Crippen molar-refractivity contribution >= 4 is 7.82 Å². The molecule has 0 aromatic carbocycles. The number of phosphoric ester groups is 1. The first-order chi connectivity index (χ1) is 15.6. The minimum Gasteiger partial charge on any atom is -0.746 e. The van der Waals surface area contributed by atoms with Crippen molar-refractivity contribution in [1.29, 1.82) is 0 Å². The largest absolute Gasteiger partial charge is 0.746 e.